The van der Waals surface area contributed by atoms with Crippen LogP contribution in [0, 0.1) is 5.95 Å². The van der Waals surface area contributed by atoms with Crippen LogP contribution in [-0.4, -0.2) is 48.5 Å². The Kier molecular flexibility index (Phi) is 8.00. The average Bonchev–Trinajstić information content (AvgIpc) is 3.23. The van der Waals surface area contributed by atoms with Crippen LogP contribution in [0.5, 0.6) is 5.75 Å². The maximum atomic E-state index is 14.1. The molecule has 1 N–H and O–H groups in total. The third-order valence-electron chi connectivity index (χ3n) is 7.24. The second-order valence-corrected chi connectivity index (χ2v) is 10.4. The highest BCUT2D eigenvalue weighted by molar-refractivity contribution is 6.30. The van der Waals surface area contributed by atoms with E-state index < -0.39 is 23.8 Å². The fraction of sp³-hybridized carbons (Fsp3) is 0.310. The van der Waals surface area contributed by atoms with E-state index in [4.69, 9.17) is 11.6 Å². The second kappa shape index (κ2) is 11.5. The van der Waals surface area contributed by atoms with Gasteiger partial charge in [0.15, 0.2) is 0 Å². The predicted octanol–water partition coefficient (Wildman–Crippen LogP) is 6.55. The third-order valence-corrected chi connectivity index (χ3v) is 7.50. The van der Waals surface area contributed by atoms with E-state index in [-0.39, 0.29) is 25.4 Å². The summed E-state index contributed by atoms with van der Waals surface area (Å²) in [6.45, 7) is 1.66. The van der Waals surface area contributed by atoms with Crippen molar-refractivity contribution in [2.24, 2.45) is 0 Å². The summed E-state index contributed by atoms with van der Waals surface area (Å²) in [6.07, 6.45) is 1.20. The average molecular weight is 575 g/mol. The van der Waals surface area contributed by atoms with E-state index in [0.29, 0.717) is 47.8 Å². The molecule has 2 aromatic carbocycles. The number of alkyl halides is 3. The minimum atomic E-state index is -4.87. The zero-order valence-electron chi connectivity index (χ0n) is 21.4. The van der Waals surface area contributed by atoms with Gasteiger partial charge >= 0.3 is 12.4 Å². The van der Waals surface area contributed by atoms with E-state index in [1.807, 2.05) is 18.2 Å². The normalized spacial score (nSPS) is 16.4. The summed E-state index contributed by atoms with van der Waals surface area (Å²) in [5, 5.41) is 3.85. The lowest BCUT2D eigenvalue weighted by Gasteiger charge is -2.36. The number of pyridine rings is 1. The fourth-order valence-corrected chi connectivity index (χ4v) is 5.60. The topological polar surface area (TPSA) is 57.7 Å². The van der Waals surface area contributed by atoms with Crippen molar-refractivity contribution >= 4 is 29.4 Å². The SMILES string of the molecule is O=C(N(CC=Cc1ccc(Cl)cc1)Cc1ccnc(F)c1)N1CC2(CCNCC2)c2c(OC(F)(F)F)cccc21. The Morgan fingerprint density at radius 3 is 2.60 bits per heavy atom. The molecular formula is C29H27ClF4N4O2. The highest BCUT2D eigenvalue weighted by Crippen LogP contribution is 2.51. The molecule has 5 rings (SSSR count). The minimum Gasteiger partial charge on any atom is -0.405 e. The predicted molar refractivity (Wildman–Crippen MR) is 145 cm³/mol. The fourth-order valence-electron chi connectivity index (χ4n) is 5.47. The molecule has 1 aromatic heterocycles. The van der Waals surface area contributed by atoms with E-state index in [0.717, 1.165) is 5.56 Å². The van der Waals surface area contributed by atoms with Crippen molar-refractivity contribution in [2.45, 2.75) is 31.2 Å². The first kappa shape index (κ1) is 27.9. The summed E-state index contributed by atoms with van der Waals surface area (Å²) in [5.41, 5.74) is 1.51. The monoisotopic (exact) mass is 574 g/mol. The number of nitrogens with zero attached hydrogens (tertiary/aromatic N) is 3. The Morgan fingerprint density at radius 1 is 1.15 bits per heavy atom. The number of urea groups is 1. The molecule has 2 aliphatic heterocycles. The molecule has 2 aliphatic rings. The van der Waals surface area contributed by atoms with Crippen LogP contribution in [-0.2, 0) is 12.0 Å². The van der Waals surface area contributed by atoms with Gasteiger partial charge in [0.2, 0.25) is 5.95 Å². The summed E-state index contributed by atoms with van der Waals surface area (Å²) in [5.74, 6) is -0.955. The molecule has 40 heavy (non-hydrogen) atoms. The molecule has 0 bridgehead atoms. The van der Waals surface area contributed by atoms with Gasteiger partial charge < -0.3 is 15.0 Å². The van der Waals surface area contributed by atoms with Gasteiger partial charge in [-0.15, -0.1) is 13.2 Å². The van der Waals surface area contributed by atoms with Gasteiger partial charge in [-0.05, 0) is 73.5 Å². The van der Waals surface area contributed by atoms with Crippen LogP contribution >= 0.6 is 11.6 Å². The van der Waals surface area contributed by atoms with E-state index in [2.05, 4.69) is 15.0 Å². The Hall–Kier alpha value is -3.63. The lowest BCUT2D eigenvalue weighted by atomic mass is 9.74. The molecule has 3 heterocycles. The summed E-state index contributed by atoms with van der Waals surface area (Å²) >= 11 is 5.97. The highest BCUT2D eigenvalue weighted by Gasteiger charge is 2.49. The van der Waals surface area contributed by atoms with Crippen molar-refractivity contribution in [2.75, 3.05) is 31.1 Å². The molecule has 6 nitrogen and oxygen atoms in total. The van der Waals surface area contributed by atoms with Gasteiger partial charge in [-0.3, -0.25) is 4.90 Å². The summed E-state index contributed by atoms with van der Waals surface area (Å²) in [6, 6.07) is 14.1. The van der Waals surface area contributed by atoms with Crippen LogP contribution in [0.4, 0.5) is 28.0 Å². The van der Waals surface area contributed by atoms with E-state index in [9.17, 15) is 22.4 Å². The molecular weight excluding hydrogens is 548 g/mol. The van der Waals surface area contributed by atoms with Gasteiger partial charge in [-0.25, -0.2) is 9.78 Å². The Labute approximate surface area is 234 Å². The minimum absolute atomic E-state index is 0.0718. The number of carbonyl (C=O) groups excluding carboxylic acids is 1. The van der Waals surface area contributed by atoms with Gasteiger partial charge in [0, 0.05) is 41.8 Å². The van der Waals surface area contributed by atoms with Crippen molar-refractivity contribution in [3.05, 3.63) is 94.5 Å². The lowest BCUT2D eigenvalue weighted by molar-refractivity contribution is -0.275. The number of hydrogen-bond acceptors (Lipinski definition) is 4. The molecule has 1 saturated heterocycles. The number of anilines is 1. The zero-order valence-corrected chi connectivity index (χ0v) is 22.2. The van der Waals surface area contributed by atoms with Crippen molar-refractivity contribution in [1.82, 2.24) is 15.2 Å². The van der Waals surface area contributed by atoms with Crippen LogP contribution in [0.2, 0.25) is 5.02 Å². The van der Waals surface area contributed by atoms with Gasteiger partial charge in [0.1, 0.15) is 5.75 Å². The molecule has 1 fully saturated rings. The molecule has 0 saturated carbocycles. The smallest absolute Gasteiger partial charge is 0.405 e. The summed E-state index contributed by atoms with van der Waals surface area (Å²) < 4.78 is 58.4. The molecule has 0 atom stereocenters. The van der Waals surface area contributed by atoms with Crippen LogP contribution in [0.3, 0.4) is 0 Å². The van der Waals surface area contributed by atoms with Crippen LogP contribution < -0.4 is 15.0 Å². The largest absolute Gasteiger partial charge is 0.573 e. The van der Waals surface area contributed by atoms with Crippen molar-refractivity contribution in [3.8, 4) is 5.75 Å². The first-order valence-electron chi connectivity index (χ1n) is 12.8. The van der Waals surface area contributed by atoms with Gasteiger partial charge in [0.05, 0.1) is 5.69 Å². The number of amides is 2. The number of rotatable bonds is 6. The summed E-state index contributed by atoms with van der Waals surface area (Å²) in [7, 11) is 0. The number of carbonyl (C=O) groups is 1. The zero-order chi connectivity index (χ0) is 28.3. The molecule has 1 spiro atoms. The Balaban J connectivity index is 1.49. The second-order valence-electron chi connectivity index (χ2n) is 9.92. The molecule has 0 aliphatic carbocycles. The van der Waals surface area contributed by atoms with Gasteiger partial charge in [-0.2, -0.15) is 4.39 Å². The number of fused-ring (bicyclic) bond motifs is 2. The Bertz CT molecular complexity index is 1390. The van der Waals surface area contributed by atoms with Gasteiger partial charge in [0.25, 0.3) is 0 Å². The first-order chi connectivity index (χ1) is 19.1. The highest BCUT2D eigenvalue weighted by atomic mass is 35.5. The maximum Gasteiger partial charge on any atom is 0.573 e. The van der Waals surface area contributed by atoms with Crippen LogP contribution in [0.15, 0.2) is 66.9 Å². The number of nitrogens with one attached hydrogen (secondary N) is 1. The molecule has 2 amide bonds. The van der Waals surface area contributed by atoms with E-state index >= 15 is 0 Å². The van der Waals surface area contributed by atoms with Crippen molar-refractivity contribution in [1.29, 1.82) is 0 Å². The maximum absolute atomic E-state index is 14.1. The number of aromatic nitrogens is 1. The van der Waals surface area contributed by atoms with Crippen molar-refractivity contribution < 1.29 is 27.1 Å². The van der Waals surface area contributed by atoms with E-state index in [1.54, 1.807) is 30.3 Å². The molecule has 0 radical (unpaired) electrons. The van der Waals surface area contributed by atoms with E-state index in [1.165, 1.54) is 34.2 Å². The molecule has 11 heteroatoms. The third kappa shape index (κ3) is 6.23. The number of ether oxygens (including phenoxy) is 1. The van der Waals surface area contributed by atoms with Crippen LogP contribution in [0.25, 0.3) is 6.08 Å². The molecule has 0 unspecified atom stereocenters. The first-order valence-corrected chi connectivity index (χ1v) is 13.2. The number of halogens is 5. The quantitative estimate of drug-likeness (QED) is 0.268. The van der Waals surface area contributed by atoms with Crippen molar-refractivity contribution in [3.63, 3.8) is 0 Å². The van der Waals surface area contributed by atoms with Gasteiger partial charge in [-0.1, -0.05) is 42.0 Å². The standard InChI is InChI=1S/C29H27ClF4N4O2/c30-22-8-6-20(7-9-22)3-2-16-37(18-21-10-13-36-25(31)17-21)27(39)38-19-28(11-14-35-15-12-28)26-23(38)4-1-5-24(26)40-29(32,33)34/h1-10,13,17,35H,11-12,14-16,18-19H2. The molecule has 210 valence electrons. The number of benzene rings is 2. The van der Waals surface area contributed by atoms with Crippen LogP contribution in [0.1, 0.15) is 29.5 Å². The molecule has 3 aromatic rings. The Morgan fingerprint density at radius 2 is 1.90 bits per heavy atom. The summed E-state index contributed by atoms with van der Waals surface area (Å²) in [4.78, 5) is 20.8. The number of piperidine rings is 1. The lowest BCUT2D eigenvalue weighted by Crippen LogP contribution is -2.48. The number of hydrogen-bond donors (Lipinski definition) is 1.